The molecule has 1 amide bonds. The topological polar surface area (TPSA) is 60.9 Å². The van der Waals surface area contributed by atoms with Crippen molar-refractivity contribution in [2.45, 2.75) is 58.0 Å². The van der Waals surface area contributed by atoms with Gasteiger partial charge in [0.25, 0.3) is 0 Å². The molecule has 0 aliphatic carbocycles. The summed E-state index contributed by atoms with van der Waals surface area (Å²) in [7, 11) is 0. The Balaban J connectivity index is 1.96. The average molecular weight is 282 g/mol. The highest BCUT2D eigenvalue weighted by molar-refractivity contribution is 5.79. The predicted molar refractivity (Wildman–Crippen MR) is 76.4 cm³/mol. The predicted octanol–water partition coefficient (Wildman–Crippen LogP) is 1.57. The number of nitrogens with zero attached hydrogens (tertiary/aromatic N) is 2. The van der Waals surface area contributed by atoms with Crippen LogP contribution < -0.4 is 0 Å². The van der Waals surface area contributed by atoms with E-state index in [1.165, 1.54) is 0 Å². The van der Waals surface area contributed by atoms with E-state index in [1.54, 1.807) is 0 Å². The Labute approximate surface area is 120 Å². The zero-order valence-electron chi connectivity index (χ0n) is 12.5. The van der Waals surface area contributed by atoms with Gasteiger partial charge in [0, 0.05) is 25.2 Å². The van der Waals surface area contributed by atoms with E-state index >= 15 is 0 Å². The number of rotatable bonds is 7. The fraction of sp³-hybridized carbons (Fsp3) is 0.867. The van der Waals surface area contributed by atoms with Gasteiger partial charge in [-0.15, -0.1) is 0 Å². The lowest BCUT2D eigenvalue weighted by Gasteiger charge is -2.27. The zero-order valence-corrected chi connectivity index (χ0v) is 12.5. The van der Waals surface area contributed by atoms with Gasteiger partial charge in [-0.05, 0) is 32.1 Å². The van der Waals surface area contributed by atoms with E-state index < -0.39 is 5.97 Å². The van der Waals surface area contributed by atoms with Crippen LogP contribution in [0.2, 0.25) is 0 Å². The summed E-state index contributed by atoms with van der Waals surface area (Å²) >= 11 is 0. The van der Waals surface area contributed by atoms with Crippen molar-refractivity contribution < 1.29 is 14.7 Å². The quantitative estimate of drug-likeness (QED) is 0.770. The van der Waals surface area contributed by atoms with Crippen molar-refractivity contribution in [1.29, 1.82) is 0 Å². The molecule has 2 saturated heterocycles. The summed E-state index contributed by atoms with van der Waals surface area (Å²) in [5.74, 6) is -0.808. The van der Waals surface area contributed by atoms with Crippen molar-refractivity contribution in [3.05, 3.63) is 0 Å². The van der Waals surface area contributed by atoms with Gasteiger partial charge < -0.3 is 10.0 Å². The largest absolute Gasteiger partial charge is 0.481 e. The Morgan fingerprint density at radius 1 is 1.20 bits per heavy atom. The molecule has 0 aromatic carbocycles. The Morgan fingerprint density at radius 2 is 1.85 bits per heavy atom. The molecule has 0 aromatic heterocycles. The fourth-order valence-electron chi connectivity index (χ4n) is 3.77. The molecule has 0 saturated carbocycles. The molecule has 0 radical (unpaired) electrons. The minimum absolute atomic E-state index is 0.0755. The second-order valence-electron chi connectivity index (χ2n) is 6.03. The van der Waals surface area contributed by atoms with Gasteiger partial charge in [-0.2, -0.15) is 0 Å². The minimum atomic E-state index is -0.700. The molecule has 2 aliphatic rings. The molecule has 2 heterocycles. The van der Waals surface area contributed by atoms with Gasteiger partial charge >= 0.3 is 5.97 Å². The Bertz CT molecular complexity index is 366. The van der Waals surface area contributed by atoms with Crippen molar-refractivity contribution in [1.82, 2.24) is 9.80 Å². The molecule has 0 aromatic rings. The molecule has 5 nitrogen and oxygen atoms in total. The number of aliphatic carboxylic acids is 1. The number of hydrogen-bond donors (Lipinski definition) is 1. The Kier molecular flexibility index (Phi) is 5.02. The molecule has 3 atom stereocenters. The molecule has 1 N–H and O–H groups in total. The van der Waals surface area contributed by atoms with Gasteiger partial charge in [-0.1, -0.05) is 13.8 Å². The van der Waals surface area contributed by atoms with Gasteiger partial charge in [0.15, 0.2) is 0 Å². The SMILES string of the molecule is CCCN(CCC)C(=O)CN1C2CCC1C(C(=O)O)C2. The van der Waals surface area contributed by atoms with Crippen LogP contribution in [0, 0.1) is 5.92 Å². The third kappa shape index (κ3) is 2.97. The number of hydrogen-bond acceptors (Lipinski definition) is 3. The summed E-state index contributed by atoms with van der Waals surface area (Å²) in [6, 6.07) is 0.377. The second-order valence-corrected chi connectivity index (χ2v) is 6.03. The van der Waals surface area contributed by atoms with Crippen LogP contribution in [0.15, 0.2) is 0 Å². The minimum Gasteiger partial charge on any atom is -0.481 e. The summed E-state index contributed by atoms with van der Waals surface area (Å²) in [4.78, 5) is 27.7. The highest BCUT2D eigenvalue weighted by Gasteiger charge is 2.49. The number of carboxylic acid groups (broad SMARTS) is 1. The lowest BCUT2D eigenvalue weighted by molar-refractivity contribution is -0.143. The standard InChI is InChI=1S/C15H26N2O3/c1-3-7-16(8-4-2)14(18)10-17-11-5-6-13(17)12(9-11)15(19)20/h11-13H,3-10H2,1-2H3,(H,19,20). The van der Waals surface area contributed by atoms with Crippen LogP contribution >= 0.6 is 0 Å². The van der Waals surface area contributed by atoms with Crippen LogP contribution in [-0.2, 0) is 9.59 Å². The molecule has 2 bridgehead atoms. The van der Waals surface area contributed by atoms with Crippen LogP contribution in [0.25, 0.3) is 0 Å². The van der Waals surface area contributed by atoms with Crippen LogP contribution in [0.5, 0.6) is 0 Å². The summed E-state index contributed by atoms with van der Waals surface area (Å²) in [5, 5.41) is 9.24. The second kappa shape index (κ2) is 6.57. The summed E-state index contributed by atoms with van der Waals surface area (Å²) < 4.78 is 0. The van der Waals surface area contributed by atoms with E-state index in [0.717, 1.165) is 45.2 Å². The van der Waals surface area contributed by atoms with Crippen molar-refractivity contribution in [2.24, 2.45) is 5.92 Å². The van der Waals surface area contributed by atoms with Crippen LogP contribution in [0.1, 0.15) is 46.0 Å². The first-order valence-electron chi connectivity index (χ1n) is 7.84. The van der Waals surface area contributed by atoms with Crippen LogP contribution in [-0.4, -0.2) is 58.5 Å². The highest BCUT2D eigenvalue weighted by atomic mass is 16.4. The highest BCUT2D eigenvalue weighted by Crippen LogP contribution is 2.41. The lowest BCUT2D eigenvalue weighted by Crippen LogP contribution is -2.43. The molecular formula is C15H26N2O3. The van der Waals surface area contributed by atoms with Crippen molar-refractivity contribution in [2.75, 3.05) is 19.6 Å². The third-order valence-corrected chi connectivity index (χ3v) is 4.66. The number of carboxylic acids is 1. The van der Waals surface area contributed by atoms with Gasteiger partial charge in [0.2, 0.25) is 5.91 Å². The van der Waals surface area contributed by atoms with Gasteiger partial charge in [0.05, 0.1) is 12.5 Å². The third-order valence-electron chi connectivity index (χ3n) is 4.66. The van der Waals surface area contributed by atoms with Crippen LogP contribution in [0.4, 0.5) is 0 Å². The summed E-state index contributed by atoms with van der Waals surface area (Å²) in [6.45, 7) is 6.17. The smallest absolute Gasteiger partial charge is 0.308 e. The first kappa shape index (κ1) is 15.3. The van der Waals surface area contributed by atoms with E-state index in [4.69, 9.17) is 0 Å². The van der Waals surface area contributed by atoms with Crippen molar-refractivity contribution in [3.63, 3.8) is 0 Å². The molecule has 3 unspecified atom stereocenters. The number of amides is 1. The normalized spacial score (nSPS) is 28.8. The first-order valence-corrected chi connectivity index (χ1v) is 7.84. The Hall–Kier alpha value is -1.10. The van der Waals surface area contributed by atoms with E-state index in [9.17, 15) is 14.7 Å². The maximum absolute atomic E-state index is 12.4. The van der Waals surface area contributed by atoms with E-state index in [-0.39, 0.29) is 17.9 Å². The van der Waals surface area contributed by atoms with E-state index in [2.05, 4.69) is 18.7 Å². The molecule has 20 heavy (non-hydrogen) atoms. The number of fused-ring (bicyclic) bond motifs is 2. The maximum Gasteiger partial charge on any atom is 0.308 e. The summed E-state index contributed by atoms with van der Waals surface area (Å²) in [6.07, 6.45) is 4.63. The molecule has 2 fully saturated rings. The monoisotopic (exact) mass is 282 g/mol. The molecule has 2 rings (SSSR count). The van der Waals surface area contributed by atoms with Crippen LogP contribution in [0.3, 0.4) is 0 Å². The molecule has 2 aliphatic heterocycles. The van der Waals surface area contributed by atoms with E-state index in [1.807, 2.05) is 4.90 Å². The number of carbonyl (C=O) groups excluding carboxylic acids is 1. The Morgan fingerprint density at radius 3 is 2.35 bits per heavy atom. The van der Waals surface area contributed by atoms with Gasteiger partial charge in [-0.3, -0.25) is 14.5 Å². The molecule has 5 heteroatoms. The maximum atomic E-state index is 12.4. The fourth-order valence-corrected chi connectivity index (χ4v) is 3.77. The zero-order chi connectivity index (χ0) is 14.7. The summed E-state index contributed by atoms with van der Waals surface area (Å²) in [5.41, 5.74) is 0. The van der Waals surface area contributed by atoms with Gasteiger partial charge in [0.1, 0.15) is 0 Å². The van der Waals surface area contributed by atoms with Crippen molar-refractivity contribution >= 4 is 11.9 Å². The average Bonchev–Trinajstić information content (AvgIpc) is 2.95. The molecule has 0 spiro atoms. The lowest BCUT2D eigenvalue weighted by atomic mass is 9.89. The molecular weight excluding hydrogens is 256 g/mol. The van der Waals surface area contributed by atoms with Gasteiger partial charge in [-0.25, -0.2) is 0 Å². The van der Waals surface area contributed by atoms with E-state index in [0.29, 0.717) is 12.6 Å². The molecule has 114 valence electrons. The number of carbonyl (C=O) groups is 2. The van der Waals surface area contributed by atoms with Crippen molar-refractivity contribution in [3.8, 4) is 0 Å². The first-order chi connectivity index (χ1) is 9.58.